The zero-order valence-electron chi connectivity index (χ0n) is 12.9. The van der Waals surface area contributed by atoms with Gasteiger partial charge < -0.3 is 10.2 Å². The van der Waals surface area contributed by atoms with Crippen LogP contribution in [0, 0.1) is 5.92 Å². The molecule has 0 aromatic heterocycles. The highest BCUT2D eigenvalue weighted by molar-refractivity contribution is 8.01. The van der Waals surface area contributed by atoms with Crippen LogP contribution in [0.25, 0.3) is 0 Å². The van der Waals surface area contributed by atoms with E-state index in [0.29, 0.717) is 12.3 Å². The normalized spacial score (nSPS) is 30.8. The van der Waals surface area contributed by atoms with Crippen molar-refractivity contribution >= 4 is 23.6 Å². The topological polar surface area (TPSA) is 49.4 Å². The molecule has 2 heterocycles. The molecule has 2 amide bonds. The van der Waals surface area contributed by atoms with Crippen LogP contribution in [0.2, 0.25) is 0 Å². The Morgan fingerprint density at radius 2 is 2.15 bits per heavy atom. The van der Waals surface area contributed by atoms with Crippen LogP contribution in [0.1, 0.15) is 53.4 Å². The Morgan fingerprint density at radius 1 is 1.45 bits per heavy atom. The third-order valence-electron chi connectivity index (χ3n) is 4.31. The van der Waals surface area contributed by atoms with Crippen molar-refractivity contribution in [1.29, 1.82) is 0 Å². The van der Waals surface area contributed by atoms with Crippen molar-refractivity contribution in [2.45, 2.75) is 70.3 Å². The van der Waals surface area contributed by atoms with E-state index in [-0.39, 0.29) is 28.8 Å². The first-order chi connectivity index (χ1) is 9.33. The maximum Gasteiger partial charge on any atom is 0.243 e. The van der Waals surface area contributed by atoms with Crippen molar-refractivity contribution in [2.24, 2.45) is 5.92 Å². The fourth-order valence-electron chi connectivity index (χ4n) is 3.01. The molecular formula is C15H26N2O2S. The lowest BCUT2D eigenvalue weighted by atomic mass is 10.0. The quantitative estimate of drug-likeness (QED) is 0.848. The summed E-state index contributed by atoms with van der Waals surface area (Å²) < 4.78 is 0. The zero-order valence-corrected chi connectivity index (χ0v) is 13.8. The van der Waals surface area contributed by atoms with E-state index in [4.69, 9.17) is 0 Å². The first-order valence-electron chi connectivity index (χ1n) is 7.60. The van der Waals surface area contributed by atoms with Crippen LogP contribution in [0.15, 0.2) is 0 Å². The van der Waals surface area contributed by atoms with Crippen molar-refractivity contribution in [2.75, 3.05) is 5.75 Å². The van der Waals surface area contributed by atoms with Crippen LogP contribution in [0.3, 0.4) is 0 Å². The van der Waals surface area contributed by atoms with Crippen LogP contribution in [0.5, 0.6) is 0 Å². The molecule has 0 unspecified atom stereocenters. The van der Waals surface area contributed by atoms with E-state index >= 15 is 0 Å². The first-order valence-corrected chi connectivity index (χ1v) is 8.58. The third-order valence-corrected chi connectivity index (χ3v) is 5.82. The second-order valence-corrected chi connectivity index (χ2v) is 8.15. The van der Waals surface area contributed by atoms with E-state index in [0.717, 1.165) is 25.0 Å². The summed E-state index contributed by atoms with van der Waals surface area (Å²) in [6, 6.07) is -0.0963. The zero-order chi connectivity index (χ0) is 14.9. The molecule has 0 aromatic rings. The van der Waals surface area contributed by atoms with E-state index in [1.807, 2.05) is 11.8 Å². The van der Waals surface area contributed by atoms with Gasteiger partial charge in [0.1, 0.15) is 6.04 Å². The molecule has 4 nitrogen and oxygen atoms in total. The fourth-order valence-corrected chi connectivity index (χ4v) is 4.44. The van der Waals surface area contributed by atoms with Gasteiger partial charge in [-0.2, -0.15) is 0 Å². The third kappa shape index (κ3) is 3.13. The standard InChI is InChI=1S/C15H26N2O2S/c1-10(2)5-6-11(3)16-14(19)12-9-20-15(4)8-7-13(18)17(12)15/h10-12H,5-9H2,1-4H3,(H,16,19)/t11-,12+,15+/m0/s1. The summed E-state index contributed by atoms with van der Waals surface area (Å²) in [6.45, 7) is 8.51. The van der Waals surface area contributed by atoms with Crippen LogP contribution in [-0.4, -0.2) is 39.4 Å². The number of carbonyl (C=O) groups excluding carboxylic acids is 2. The molecule has 0 spiro atoms. The molecule has 1 N–H and O–H groups in total. The van der Waals surface area contributed by atoms with Crippen molar-refractivity contribution in [3.8, 4) is 0 Å². The number of carbonyl (C=O) groups is 2. The largest absolute Gasteiger partial charge is 0.352 e. The van der Waals surface area contributed by atoms with E-state index in [1.165, 1.54) is 0 Å². The van der Waals surface area contributed by atoms with Gasteiger partial charge in [-0.1, -0.05) is 13.8 Å². The van der Waals surface area contributed by atoms with Gasteiger partial charge in [-0.25, -0.2) is 0 Å². The monoisotopic (exact) mass is 298 g/mol. The van der Waals surface area contributed by atoms with Crippen molar-refractivity contribution in [1.82, 2.24) is 10.2 Å². The van der Waals surface area contributed by atoms with Gasteiger partial charge >= 0.3 is 0 Å². The Kier molecular flexibility index (Phi) is 4.67. The van der Waals surface area contributed by atoms with Crippen molar-refractivity contribution in [3.63, 3.8) is 0 Å². The van der Waals surface area contributed by atoms with Crippen LogP contribution >= 0.6 is 11.8 Å². The number of thioether (sulfide) groups is 1. The van der Waals surface area contributed by atoms with Gasteiger partial charge in [0.2, 0.25) is 11.8 Å². The number of fused-ring (bicyclic) bond motifs is 1. The number of hydrogen-bond donors (Lipinski definition) is 1. The number of nitrogens with zero attached hydrogens (tertiary/aromatic N) is 1. The lowest BCUT2D eigenvalue weighted by molar-refractivity contribution is -0.138. The molecule has 2 aliphatic heterocycles. The van der Waals surface area contributed by atoms with Gasteiger partial charge in [0.25, 0.3) is 0 Å². The molecule has 0 saturated carbocycles. The van der Waals surface area contributed by atoms with Crippen LogP contribution < -0.4 is 5.32 Å². The van der Waals surface area contributed by atoms with Crippen LogP contribution in [-0.2, 0) is 9.59 Å². The Balaban J connectivity index is 1.91. The molecular weight excluding hydrogens is 272 g/mol. The maximum atomic E-state index is 12.4. The predicted molar refractivity (Wildman–Crippen MR) is 82.4 cm³/mol. The molecule has 2 fully saturated rings. The van der Waals surface area contributed by atoms with Gasteiger partial charge in [-0.05, 0) is 39.0 Å². The van der Waals surface area contributed by atoms with E-state index < -0.39 is 0 Å². The molecule has 0 radical (unpaired) electrons. The van der Waals surface area contributed by atoms with E-state index in [9.17, 15) is 9.59 Å². The van der Waals surface area contributed by atoms with Crippen LogP contribution in [0.4, 0.5) is 0 Å². The summed E-state index contributed by atoms with van der Waals surface area (Å²) in [5.74, 6) is 1.53. The molecule has 0 bridgehead atoms. The summed E-state index contributed by atoms with van der Waals surface area (Å²) in [5.41, 5.74) is 0. The van der Waals surface area contributed by atoms with Gasteiger partial charge in [0, 0.05) is 18.2 Å². The summed E-state index contributed by atoms with van der Waals surface area (Å²) in [5, 5.41) is 3.08. The van der Waals surface area contributed by atoms with Gasteiger partial charge in [0.15, 0.2) is 0 Å². The minimum atomic E-state index is -0.276. The Hall–Kier alpha value is -0.710. The molecule has 0 aromatic carbocycles. The second kappa shape index (κ2) is 5.96. The number of nitrogens with one attached hydrogen (secondary N) is 1. The predicted octanol–water partition coefficient (Wildman–Crippen LogP) is 2.38. The molecule has 20 heavy (non-hydrogen) atoms. The highest BCUT2D eigenvalue weighted by Gasteiger charge is 2.52. The Morgan fingerprint density at radius 3 is 2.80 bits per heavy atom. The lowest BCUT2D eigenvalue weighted by Crippen LogP contribution is -2.51. The molecule has 5 heteroatoms. The first kappa shape index (κ1) is 15.7. The van der Waals surface area contributed by atoms with Gasteiger partial charge in [-0.15, -0.1) is 11.8 Å². The van der Waals surface area contributed by atoms with E-state index in [1.54, 1.807) is 11.8 Å². The summed E-state index contributed by atoms with van der Waals surface area (Å²) >= 11 is 1.75. The van der Waals surface area contributed by atoms with E-state index in [2.05, 4.69) is 26.1 Å². The van der Waals surface area contributed by atoms with Gasteiger partial charge in [0.05, 0.1) is 4.87 Å². The average Bonchev–Trinajstić information content (AvgIpc) is 2.84. The lowest BCUT2D eigenvalue weighted by Gasteiger charge is -2.30. The summed E-state index contributed by atoms with van der Waals surface area (Å²) in [7, 11) is 0. The Bertz CT molecular complexity index is 399. The van der Waals surface area contributed by atoms with Gasteiger partial charge in [-0.3, -0.25) is 9.59 Å². The molecule has 3 atom stereocenters. The number of hydrogen-bond acceptors (Lipinski definition) is 3. The second-order valence-electron chi connectivity index (χ2n) is 6.65. The maximum absolute atomic E-state index is 12.4. The fraction of sp³-hybridized carbons (Fsp3) is 0.867. The molecule has 114 valence electrons. The minimum absolute atomic E-state index is 0.0210. The molecule has 2 rings (SSSR count). The number of amides is 2. The smallest absolute Gasteiger partial charge is 0.243 e. The SMILES string of the molecule is CC(C)CC[C@H](C)NC(=O)[C@H]1CS[C@]2(C)CCC(=O)N12. The average molecular weight is 298 g/mol. The van der Waals surface area contributed by atoms with Crippen molar-refractivity contribution in [3.05, 3.63) is 0 Å². The highest BCUT2D eigenvalue weighted by atomic mass is 32.2. The molecule has 2 saturated heterocycles. The Labute approximate surface area is 126 Å². The van der Waals surface area contributed by atoms with Crippen molar-refractivity contribution < 1.29 is 9.59 Å². The summed E-state index contributed by atoms with van der Waals surface area (Å²) in [4.78, 5) is 26.1. The molecule has 2 aliphatic rings. The minimum Gasteiger partial charge on any atom is -0.352 e. The number of rotatable bonds is 5. The summed E-state index contributed by atoms with van der Waals surface area (Å²) in [6.07, 6.45) is 3.55. The highest BCUT2D eigenvalue weighted by Crippen LogP contribution is 2.47. The molecule has 0 aliphatic carbocycles.